The molecule has 0 aromatic heterocycles. The first kappa shape index (κ1) is 11.4. The summed E-state index contributed by atoms with van der Waals surface area (Å²) < 4.78 is 0. The maximum absolute atomic E-state index is 6.09. The molecule has 15 heavy (non-hydrogen) atoms. The van der Waals surface area contributed by atoms with Gasteiger partial charge in [-0.25, -0.2) is 0 Å². The van der Waals surface area contributed by atoms with Gasteiger partial charge in [-0.3, -0.25) is 9.80 Å². The second-order valence-corrected chi connectivity index (χ2v) is 6.06. The molecule has 0 spiro atoms. The zero-order chi connectivity index (χ0) is 11.1. The zero-order valence-corrected chi connectivity index (χ0v) is 10.4. The Morgan fingerprint density at radius 2 is 1.87 bits per heavy atom. The van der Waals surface area contributed by atoms with Crippen molar-refractivity contribution in [1.29, 1.82) is 0 Å². The summed E-state index contributed by atoms with van der Waals surface area (Å²) in [6.45, 7) is 7.73. The fraction of sp³-hybridized carbons (Fsp3) is 1.00. The lowest BCUT2D eigenvalue weighted by Gasteiger charge is -2.31. The van der Waals surface area contributed by atoms with E-state index in [1.165, 1.54) is 32.4 Å². The summed E-state index contributed by atoms with van der Waals surface area (Å²) in [6, 6.07) is 1.61. The van der Waals surface area contributed by atoms with Gasteiger partial charge in [-0.2, -0.15) is 0 Å². The van der Waals surface area contributed by atoms with Crippen molar-refractivity contribution < 1.29 is 0 Å². The number of rotatable bonds is 2. The summed E-state index contributed by atoms with van der Waals surface area (Å²) in [6.07, 6.45) is 4.10. The number of nitrogens with zero attached hydrogens (tertiary/aromatic N) is 2. The smallest absolute Gasteiger partial charge is 0.0226 e. The van der Waals surface area contributed by atoms with Crippen LogP contribution in [0.15, 0.2) is 0 Å². The maximum atomic E-state index is 6.09. The number of likely N-dealkylation sites (tertiary alicyclic amines) is 1. The molecule has 2 heterocycles. The van der Waals surface area contributed by atoms with Gasteiger partial charge >= 0.3 is 0 Å². The summed E-state index contributed by atoms with van der Waals surface area (Å²) in [5.74, 6) is 0. The van der Waals surface area contributed by atoms with E-state index in [0.717, 1.165) is 18.6 Å². The molecule has 0 aromatic carbocycles. The first-order chi connectivity index (χ1) is 6.96. The monoisotopic (exact) mass is 211 g/mol. The Labute approximate surface area is 93.6 Å². The highest BCUT2D eigenvalue weighted by Gasteiger charge is 2.35. The largest absolute Gasteiger partial charge is 0.324 e. The number of fused-ring (bicyclic) bond motifs is 2. The number of hydrogen-bond donors (Lipinski definition) is 1. The first-order valence-electron chi connectivity index (χ1n) is 6.19. The molecule has 3 nitrogen and oxygen atoms in total. The molecular weight excluding hydrogens is 186 g/mol. The van der Waals surface area contributed by atoms with Crippen LogP contribution < -0.4 is 5.73 Å². The quantitative estimate of drug-likeness (QED) is 0.736. The first-order valence-corrected chi connectivity index (χ1v) is 6.19. The van der Waals surface area contributed by atoms with Crippen LogP contribution in [0.5, 0.6) is 0 Å². The third-order valence-corrected chi connectivity index (χ3v) is 3.86. The molecule has 0 saturated carbocycles. The van der Waals surface area contributed by atoms with Crippen molar-refractivity contribution >= 4 is 0 Å². The molecule has 2 unspecified atom stereocenters. The third kappa shape index (κ3) is 2.71. The molecule has 2 bridgehead atoms. The minimum atomic E-state index is -0.0534. The summed E-state index contributed by atoms with van der Waals surface area (Å²) in [5.41, 5.74) is 6.04. The van der Waals surface area contributed by atoms with Crippen LogP contribution in [0.4, 0.5) is 0 Å². The number of hydrogen-bond acceptors (Lipinski definition) is 3. The summed E-state index contributed by atoms with van der Waals surface area (Å²) in [5, 5.41) is 0. The van der Waals surface area contributed by atoms with Crippen LogP contribution in [0.1, 0.15) is 33.1 Å². The fourth-order valence-electron chi connectivity index (χ4n) is 3.10. The molecule has 2 saturated heterocycles. The molecule has 3 heteroatoms. The van der Waals surface area contributed by atoms with Crippen LogP contribution in [0, 0.1) is 0 Å². The zero-order valence-electron chi connectivity index (χ0n) is 10.4. The van der Waals surface area contributed by atoms with E-state index in [2.05, 4.69) is 30.7 Å². The Hall–Kier alpha value is -0.120. The van der Waals surface area contributed by atoms with Gasteiger partial charge in [-0.05, 0) is 46.7 Å². The molecule has 2 fully saturated rings. The van der Waals surface area contributed by atoms with E-state index >= 15 is 0 Å². The van der Waals surface area contributed by atoms with E-state index in [1.807, 2.05) is 0 Å². The molecule has 0 aliphatic carbocycles. The van der Waals surface area contributed by atoms with Gasteiger partial charge in [-0.1, -0.05) is 0 Å². The van der Waals surface area contributed by atoms with Gasteiger partial charge in [-0.15, -0.1) is 0 Å². The summed E-state index contributed by atoms with van der Waals surface area (Å²) in [7, 11) is 2.29. The summed E-state index contributed by atoms with van der Waals surface area (Å²) >= 11 is 0. The predicted molar refractivity (Wildman–Crippen MR) is 63.9 cm³/mol. The highest BCUT2D eigenvalue weighted by atomic mass is 15.3. The highest BCUT2D eigenvalue weighted by Crippen LogP contribution is 2.28. The SMILES string of the molecule is CN1C2CCC1CN(CC(C)(C)N)CC2. The number of nitrogens with two attached hydrogens (primary N) is 1. The van der Waals surface area contributed by atoms with Crippen LogP contribution in [0.25, 0.3) is 0 Å². The lowest BCUT2D eigenvalue weighted by molar-refractivity contribution is 0.195. The number of likely N-dealkylation sites (N-methyl/N-ethyl adjacent to an activating group) is 1. The van der Waals surface area contributed by atoms with Crippen LogP contribution in [-0.4, -0.2) is 54.1 Å². The van der Waals surface area contributed by atoms with Gasteiger partial charge in [0.2, 0.25) is 0 Å². The van der Waals surface area contributed by atoms with E-state index in [-0.39, 0.29) is 5.54 Å². The average molecular weight is 211 g/mol. The van der Waals surface area contributed by atoms with Crippen molar-refractivity contribution in [3.8, 4) is 0 Å². The molecule has 0 aromatic rings. The van der Waals surface area contributed by atoms with E-state index in [9.17, 15) is 0 Å². The van der Waals surface area contributed by atoms with Crippen molar-refractivity contribution in [2.45, 2.75) is 50.7 Å². The molecule has 2 atom stereocenters. The van der Waals surface area contributed by atoms with Crippen molar-refractivity contribution in [2.75, 3.05) is 26.7 Å². The Morgan fingerprint density at radius 1 is 1.20 bits per heavy atom. The molecule has 2 aliphatic heterocycles. The molecule has 0 radical (unpaired) electrons. The van der Waals surface area contributed by atoms with E-state index in [0.29, 0.717) is 0 Å². The highest BCUT2D eigenvalue weighted by molar-refractivity contribution is 4.92. The second kappa shape index (κ2) is 4.04. The predicted octanol–water partition coefficient (Wildman–Crippen LogP) is 0.892. The molecule has 2 N–H and O–H groups in total. The summed E-state index contributed by atoms with van der Waals surface area (Å²) in [4.78, 5) is 5.14. The fourth-order valence-corrected chi connectivity index (χ4v) is 3.10. The van der Waals surface area contributed by atoms with E-state index in [1.54, 1.807) is 0 Å². The van der Waals surface area contributed by atoms with Gasteiger partial charge < -0.3 is 5.73 Å². The normalized spacial score (nSPS) is 34.4. The van der Waals surface area contributed by atoms with E-state index < -0.39 is 0 Å². The maximum Gasteiger partial charge on any atom is 0.0226 e. The topological polar surface area (TPSA) is 32.5 Å². The van der Waals surface area contributed by atoms with E-state index in [4.69, 9.17) is 5.73 Å². The van der Waals surface area contributed by atoms with Crippen molar-refractivity contribution in [3.05, 3.63) is 0 Å². The molecule has 0 amide bonds. The molecular formula is C12H25N3. The van der Waals surface area contributed by atoms with Crippen LogP contribution in [0.3, 0.4) is 0 Å². The lowest BCUT2D eigenvalue weighted by Crippen LogP contribution is -2.47. The molecule has 2 rings (SSSR count). The minimum Gasteiger partial charge on any atom is -0.324 e. The standard InChI is InChI=1S/C12H25N3/c1-12(2,13)9-15-7-6-10-4-5-11(8-15)14(10)3/h10-11H,4-9,13H2,1-3H3. The van der Waals surface area contributed by atoms with Crippen LogP contribution >= 0.6 is 0 Å². The van der Waals surface area contributed by atoms with Gasteiger partial charge in [0, 0.05) is 30.7 Å². The van der Waals surface area contributed by atoms with Gasteiger partial charge in [0.25, 0.3) is 0 Å². The Bertz CT molecular complexity index is 221. The molecule has 2 aliphatic rings. The Kier molecular flexibility index (Phi) is 3.06. The van der Waals surface area contributed by atoms with Crippen LogP contribution in [-0.2, 0) is 0 Å². The van der Waals surface area contributed by atoms with Crippen molar-refractivity contribution in [1.82, 2.24) is 9.80 Å². The van der Waals surface area contributed by atoms with Gasteiger partial charge in [0.05, 0.1) is 0 Å². The van der Waals surface area contributed by atoms with Crippen molar-refractivity contribution in [2.24, 2.45) is 5.73 Å². The minimum absolute atomic E-state index is 0.0534. The van der Waals surface area contributed by atoms with Crippen molar-refractivity contribution in [3.63, 3.8) is 0 Å². The molecule has 88 valence electrons. The Balaban J connectivity index is 1.95. The third-order valence-electron chi connectivity index (χ3n) is 3.86. The van der Waals surface area contributed by atoms with Gasteiger partial charge in [0.15, 0.2) is 0 Å². The Morgan fingerprint density at radius 3 is 2.53 bits per heavy atom. The second-order valence-electron chi connectivity index (χ2n) is 6.06. The van der Waals surface area contributed by atoms with Gasteiger partial charge in [0.1, 0.15) is 0 Å². The lowest BCUT2D eigenvalue weighted by atomic mass is 10.0. The average Bonchev–Trinajstić information content (AvgIpc) is 2.31. The van der Waals surface area contributed by atoms with Crippen LogP contribution in [0.2, 0.25) is 0 Å².